The number of amides is 1. The van der Waals surface area contributed by atoms with Crippen molar-refractivity contribution < 1.29 is 26.4 Å². The molecule has 6 nitrogen and oxygen atoms in total. The summed E-state index contributed by atoms with van der Waals surface area (Å²) in [4.78, 5) is 11.4. The fourth-order valence-electron chi connectivity index (χ4n) is 1.88. The van der Waals surface area contributed by atoms with Crippen molar-refractivity contribution in [2.75, 3.05) is 13.1 Å². The van der Waals surface area contributed by atoms with Gasteiger partial charge < -0.3 is 11.1 Å². The first kappa shape index (κ1) is 21.4. The van der Waals surface area contributed by atoms with Crippen molar-refractivity contribution in [1.29, 1.82) is 0 Å². The number of nitrogens with two attached hydrogens (primary N) is 1. The van der Waals surface area contributed by atoms with E-state index in [0.717, 1.165) is 18.2 Å². The first-order chi connectivity index (χ1) is 11.3. The number of hydrogen-bond acceptors (Lipinski definition) is 4. The molecular formula is C15H22F3N3O3S. The molecule has 0 bridgehead atoms. The lowest BCUT2D eigenvalue weighted by atomic mass is 9.88. The SMILES string of the molecule is CC(C)C(C)(CN)NC(=O)CNS(=O)(=O)c1cccc(C(F)(F)F)c1. The van der Waals surface area contributed by atoms with Gasteiger partial charge in [0.1, 0.15) is 0 Å². The Morgan fingerprint density at radius 3 is 2.36 bits per heavy atom. The highest BCUT2D eigenvalue weighted by atomic mass is 32.2. The van der Waals surface area contributed by atoms with E-state index in [1.807, 2.05) is 18.6 Å². The molecule has 1 rings (SSSR count). The molecule has 10 heteroatoms. The number of carbonyl (C=O) groups is 1. The van der Waals surface area contributed by atoms with E-state index in [-0.39, 0.29) is 12.5 Å². The second-order valence-corrected chi connectivity index (χ2v) is 7.94. The highest BCUT2D eigenvalue weighted by Crippen LogP contribution is 2.30. The van der Waals surface area contributed by atoms with Crippen LogP contribution in [0.3, 0.4) is 0 Å². The topological polar surface area (TPSA) is 101 Å². The predicted octanol–water partition coefficient (Wildman–Crippen LogP) is 1.47. The van der Waals surface area contributed by atoms with E-state index >= 15 is 0 Å². The van der Waals surface area contributed by atoms with E-state index in [1.165, 1.54) is 0 Å². The van der Waals surface area contributed by atoms with Crippen LogP contribution >= 0.6 is 0 Å². The monoisotopic (exact) mass is 381 g/mol. The molecule has 25 heavy (non-hydrogen) atoms. The lowest BCUT2D eigenvalue weighted by Crippen LogP contribution is -2.56. The van der Waals surface area contributed by atoms with E-state index in [1.54, 1.807) is 6.92 Å². The summed E-state index contributed by atoms with van der Waals surface area (Å²) in [5, 5.41) is 2.63. The molecule has 0 spiro atoms. The molecule has 0 aliphatic carbocycles. The Morgan fingerprint density at radius 1 is 1.28 bits per heavy atom. The van der Waals surface area contributed by atoms with Crippen molar-refractivity contribution in [3.8, 4) is 0 Å². The molecule has 4 N–H and O–H groups in total. The first-order valence-electron chi connectivity index (χ1n) is 7.50. The van der Waals surface area contributed by atoms with Crippen LogP contribution in [0.5, 0.6) is 0 Å². The maximum Gasteiger partial charge on any atom is 0.416 e. The summed E-state index contributed by atoms with van der Waals surface area (Å²) in [7, 11) is -4.26. The summed E-state index contributed by atoms with van der Waals surface area (Å²) in [6.07, 6.45) is -4.66. The molecule has 0 saturated heterocycles. The molecular weight excluding hydrogens is 359 g/mol. The minimum absolute atomic E-state index is 0.00141. The quantitative estimate of drug-likeness (QED) is 0.666. The molecule has 0 heterocycles. The number of carbonyl (C=O) groups excluding carboxylic acids is 1. The van der Waals surface area contributed by atoms with E-state index in [2.05, 4.69) is 5.32 Å². The van der Waals surface area contributed by atoms with Gasteiger partial charge in [0.25, 0.3) is 0 Å². The Bertz CT molecular complexity index is 720. The maximum atomic E-state index is 12.7. The normalized spacial score (nSPS) is 15.0. The summed E-state index contributed by atoms with van der Waals surface area (Å²) in [5.41, 5.74) is 3.82. The van der Waals surface area contributed by atoms with E-state index < -0.39 is 44.6 Å². The summed E-state index contributed by atoms with van der Waals surface area (Å²) < 4.78 is 64.2. The van der Waals surface area contributed by atoms with Gasteiger partial charge in [-0.15, -0.1) is 0 Å². The third kappa shape index (κ3) is 5.68. The number of alkyl halides is 3. The average Bonchev–Trinajstić information content (AvgIpc) is 2.52. The standard InChI is InChI=1S/C15H22F3N3O3S/c1-10(2)14(3,9-19)21-13(22)8-20-25(23,24)12-6-4-5-11(7-12)15(16,17)18/h4-7,10,20H,8-9,19H2,1-3H3,(H,21,22). The highest BCUT2D eigenvalue weighted by molar-refractivity contribution is 7.89. The molecule has 142 valence electrons. The van der Waals surface area contributed by atoms with Crippen LogP contribution in [-0.4, -0.2) is 33.0 Å². The molecule has 1 aromatic rings. The van der Waals surface area contributed by atoms with Crippen molar-refractivity contribution in [1.82, 2.24) is 10.0 Å². The fraction of sp³-hybridized carbons (Fsp3) is 0.533. The van der Waals surface area contributed by atoms with Gasteiger partial charge in [-0.2, -0.15) is 13.2 Å². The Kier molecular flexibility index (Phi) is 6.60. The molecule has 0 fully saturated rings. The van der Waals surface area contributed by atoms with Crippen LogP contribution in [0.25, 0.3) is 0 Å². The van der Waals surface area contributed by atoms with Gasteiger partial charge >= 0.3 is 6.18 Å². The van der Waals surface area contributed by atoms with E-state index in [9.17, 15) is 26.4 Å². The predicted molar refractivity (Wildman–Crippen MR) is 87.1 cm³/mol. The van der Waals surface area contributed by atoms with Gasteiger partial charge in [0, 0.05) is 6.54 Å². The van der Waals surface area contributed by atoms with Crippen LogP contribution in [0.4, 0.5) is 13.2 Å². The molecule has 1 amide bonds. The summed E-state index contributed by atoms with van der Waals surface area (Å²) in [5.74, 6) is -0.626. The van der Waals surface area contributed by atoms with Gasteiger partial charge in [0.2, 0.25) is 15.9 Å². The molecule has 0 saturated carbocycles. The Morgan fingerprint density at radius 2 is 1.88 bits per heavy atom. The highest BCUT2D eigenvalue weighted by Gasteiger charge is 2.32. The average molecular weight is 381 g/mol. The summed E-state index contributed by atoms with van der Waals surface area (Å²) >= 11 is 0. The zero-order chi connectivity index (χ0) is 19.5. The zero-order valence-electron chi connectivity index (χ0n) is 14.1. The van der Waals surface area contributed by atoms with Crippen LogP contribution in [-0.2, 0) is 21.0 Å². The van der Waals surface area contributed by atoms with Gasteiger partial charge in [-0.3, -0.25) is 4.79 Å². The van der Waals surface area contributed by atoms with Crippen LogP contribution in [0.2, 0.25) is 0 Å². The van der Waals surface area contributed by atoms with Crippen LogP contribution in [0.15, 0.2) is 29.2 Å². The van der Waals surface area contributed by atoms with Crippen molar-refractivity contribution in [3.63, 3.8) is 0 Å². The third-order valence-electron chi connectivity index (χ3n) is 4.02. The minimum atomic E-state index is -4.66. The van der Waals surface area contributed by atoms with Crippen molar-refractivity contribution >= 4 is 15.9 Å². The Balaban J connectivity index is 2.85. The molecule has 1 atom stereocenters. The van der Waals surface area contributed by atoms with Gasteiger partial charge in [0.15, 0.2) is 0 Å². The fourth-order valence-corrected chi connectivity index (χ4v) is 2.90. The molecule has 0 aliphatic heterocycles. The Hall–Kier alpha value is -1.65. The van der Waals surface area contributed by atoms with Gasteiger partial charge in [-0.05, 0) is 31.0 Å². The molecule has 0 aromatic heterocycles. The van der Waals surface area contributed by atoms with Crippen molar-refractivity contribution in [2.45, 2.75) is 37.4 Å². The van der Waals surface area contributed by atoms with E-state index in [0.29, 0.717) is 6.07 Å². The van der Waals surface area contributed by atoms with Crippen LogP contribution in [0, 0.1) is 5.92 Å². The Labute approximate surface area is 145 Å². The third-order valence-corrected chi connectivity index (χ3v) is 5.42. The van der Waals surface area contributed by atoms with Crippen LogP contribution < -0.4 is 15.8 Å². The lowest BCUT2D eigenvalue weighted by Gasteiger charge is -2.33. The number of hydrogen-bond donors (Lipinski definition) is 3. The maximum absolute atomic E-state index is 12.7. The first-order valence-corrected chi connectivity index (χ1v) is 8.98. The molecule has 1 aromatic carbocycles. The number of sulfonamides is 1. The van der Waals surface area contributed by atoms with Crippen molar-refractivity contribution in [3.05, 3.63) is 29.8 Å². The van der Waals surface area contributed by atoms with Crippen molar-refractivity contribution in [2.24, 2.45) is 11.7 Å². The second kappa shape index (κ2) is 7.71. The second-order valence-electron chi connectivity index (χ2n) is 6.17. The number of rotatable bonds is 7. The van der Waals surface area contributed by atoms with Gasteiger partial charge in [0.05, 0.1) is 22.5 Å². The minimum Gasteiger partial charge on any atom is -0.348 e. The molecule has 0 radical (unpaired) electrons. The largest absolute Gasteiger partial charge is 0.416 e. The molecule has 1 unspecified atom stereocenters. The number of halogens is 3. The summed E-state index contributed by atoms with van der Waals surface area (Å²) in [6, 6.07) is 3.29. The van der Waals surface area contributed by atoms with E-state index in [4.69, 9.17) is 5.73 Å². The summed E-state index contributed by atoms with van der Waals surface area (Å²) in [6.45, 7) is 4.95. The smallest absolute Gasteiger partial charge is 0.348 e. The lowest BCUT2D eigenvalue weighted by molar-refractivity contribution is -0.137. The zero-order valence-corrected chi connectivity index (χ0v) is 15.0. The number of nitrogens with one attached hydrogen (secondary N) is 2. The number of benzene rings is 1. The molecule has 0 aliphatic rings. The van der Waals surface area contributed by atoms with Gasteiger partial charge in [-0.25, -0.2) is 13.1 Å². The van der Waals surface area contributed by atoms with Crippen LogP contribution in [0.1, 0.15) is 26.3 Å². The van der Waals surface area contributed by atoms with Gasteiger partial charge in [-0.1, -0.05) is 19.9 Å².